The lowest BCUT2D eigenvalue weighted by Gasteiger charge is -2.28. The van der Waals surface area contributed by atoms with E-state index >= 15 is 0 Å². The third-order valence-electron chi connectivity index (χ3n) is 3.70. The largest absolute Gasteiger partial charge is 0.329 e. The molecule has 0 bridgehead atoms. The van der Waals surface area contributed by atoms with Gasteiger partial charge >= 0.3 is 0 Å². The Labute approximate surface area is 113 Å². The summed E-state index contributed by atoms with van der Waals surface area (Å²) in [7, 11) is 0. The van der Waals surface area contributed by atoms with Crippen molar-refractivity contribution in [2.45, 2.75) is 26.3 Å². The number of hydrogen-bond acceptors (Lipinski definition) is 2. The summed E-state index contributed by atoms with van der Waals surface area (Å²) in [4.78, 5) is 2.36. The zero-order valence-electron chi connectivity index (χ0n) is 10.9. The van der Waals surface area contributed by atoms with E-state index in [1.807, 2.05) is 0 Å². The van der Waals surface area contributed by atoms with Crippen LogP contribution in [0.4, 0.5) is 4.39 Å². The van der Waals surface area contributed by atoms with Crippen LogP contribution in [0, 0.1) is 11.2 Å². The van der Waals surface area contributed by atoms with Crippen LogP contribution in [-0.4, -0.2) is 24.5 Å². The number of hydrogen-bond donors (Lipinski definition) is 1. The Morgan fingerprint density at radius 3 is 2.72 bits per heavy atom. The van der Waals surface area contributed by atoms with Crippen molar-refractivity contribution in [1.82, 2.24) is 4.90 Å². The van der Waals surface area contributed by atoms with Crippen molar-refractivity contribution in [3.63, 3.8) is 0 Å². The quantitative estimate of drug-likeness (QED) is 0.914. The van der Waals surface area contributed by atoms with Crippen molar-refractivity contribution >= 4 is 11.6 Å². The molecule has 0 aromatic heterocycles. The van der Waals surface area contributed by atoms with Crippen LogP contribution < -0.4 is 5.73 Å². The summed E-state index contributed by atoms with van der Waals surface area (Å²) in [6.07, 6.45) is 1.17. The lowest BCUT2D eigenvalue weighted by Crippen LogP contribution is -2.33. The molecule has 2 nitrogen and oxygen atoms in total. The van der Waals surface area contributed by atoms with Gasteiger partial charge in [-0.25, -0.2) is 4.39 Å². The molecule has 1 aliphatic rings. The SMILES string of the molecule is CC1(C)CCN(C(CN)c2ccc(F)c(Cl)c2)C1. The predicted octanol–water partition coefficient (Wildman–Crippen LogP) is 3.21. The van der Waals surface area contributed by atoms with Gasteiger partial charge in [-0.2, -0.15) is 0 Å². The van der Waals surface area contributed by atoms with Crippen LogP contribution in [0.25, 0.3) is 0 Å². The van der Waals surface area contributed by atoms with E-state index in [0.717, 1.165) is 18.7 Å². The second-order valence-corrected chi connectivity index (χ2v) is 6.22. The van der Waals surface area contributed by atoms with E-state index in [2.05, 4.69) is 18.7 Å². The summed E-state index contributed by atoms with van der Waals surface area (Å²) >= 11 is 5.84. The van der Waals surface area contributed by atoms with Gasteiger partial charge in [-0.1, -0.05) is 31.5 Å². The Kier molecular flexibility index (Phi) is 3.95. The van der Waals surface area contributed by atoms with Crippen molar-refractivity contribution in [2.75, 3.05) is 19.6 Å². The van der Waals surface area contributed by atoms with Gasteiger partial charge in [0.1, 0.15) is 5.82 Å². The molecule has 2 rings (SSSR count). The molecule has 1 unspecified atom stereocenters. The Bertz CT molecular complexity index is 434. The van der Waals surface area contributed by atoms with Gasteiger partial charge in [-0.3, -0.25) is 4.90 Å². The van der Waals surface area contributed by atoms with E-state index in [4.69, 9.17) is 17.3 Å². The minimum absolute atomic E-state index is 0.130. The molecule has 0 amide bonds. The van der Waals surface area contributed by atoms with Crippen LogP contribution in [0.1, 0.15) is 31.9 Å². The van der Waals surface area contributed by atoms with E-state index < -0.39 is 0 Å². The second kappa shape index (κ2) is 5.16. The highest BCUT2D eigenvalue weighted by atomic mass is 35.5. The summed E-state index contributed by atoms with van der Waals surface area (Å²) in [5.74, 6) is -0.377. The first-order chi connectivity index (χ1) is 8.43. The Balaban J connectivity index is 2.21. The van der Waals surface area contributed by atoms with Crippen LogP contribution in [0.2, 0.25) is 5.02 Å². The second-order valence-electron chi connectivity index (χ2n) is 5.81. The molecule has 0 aliphatic carbocycles. The number of likely N-dealkylation sites (tertiary alicyclic amines) is 1. The van der Waals surface area contributed by atoms with Crippen molar-refractivity contribution < 1.29 is 4.39 Å². The van der Waals surface area contributed by atoms with E-state index in [0.29, 0.717) is 12.0 Å². The van der Waals surface area contributed by atoms with E-state index in [-0.39, 0.29) is 16.9 Å². The lowest BCUT2D eigenvalue weighted by molar-refractivity contribution is 0.223. The zero-order chi connectivity index (χ0) is 13.3. The van der Waals surface area contributed by atoms with Crippen molar-refractivity contribution in [3.05, 3.63) is 34.6 Å². The minimum Gasteiger partial charge on any atom is -0.329 e. The predicted molar refractivity (Wildman–Crippen MR) is 73.2 cm³/mol. The Hall–Kier alpha value is -0.640. The highest BCUT2D eigenvalue weighted by Gasteiger charge is 2.33. The van der Waals surface area contributed by atoms with Crippen LogP contribution in [0.5, 0.6) is 0 Å². The summed E-state index contributed by atoms with van der Waals surface area (Å²) in [5.41, 5.74) is 7.21. The molecular weight excluding hydrogens is 251 g/mol. The average molecular weight is 271 g/mol. The summed E-state index contributed by atoms with van der Waals surface area (Å²) in [6, 6.07) is 5.02. The van der Waals surface area contributed by atoms with Gasteiger partial charge in [0.2, 0.25) is 0 Å². The maximum atomic E-state index is 13.2. The zero-order valence-corrected chi connectivity index (χ0v) is 11.7. The fourth-order valence-corrected chi connectivity index (χ4v) is 2.82. The average Bonchev–Trinajstić information content (AvgIpc) is 2.65. The maximum absolute atomic E-state index is 13.2. The van der Waals surface area contributed by atoms with E-state index in [9.17, 15) is 4.39 Å². The van der Waals surface area contributed by atoms with Crippen LogP contribution in [0.15, 0.2) is 18.2 Å². The molecule has 0 saturated carbocycles. The molecule has 1 aliphatic heterocycles. The fourth-order valence-electron chi connectivity index (χ4n) is 2.64. The molecule has 100 valence electrons. The van der Waals surface area contributed by atoms with E-state index in [1.54, 1.807) is 12.1 Å². The van der Waals surface area contributed by atoms with Gasteiger partial charge < -0.3 is 5.73 Å². The molecule has 1 aromatic rings. The summed E-state index contributed by atoms with van der Waals surface area (Å²) in [6.45, 7) is 7.10. The maximum Gasteiger partial charge on any atom is 0.141 e. The van der Waals surface area contributed by atoms with Crippen LogP contribution in [-0.2, 0) is 0 Å². The molecular formula is C14H20ClFN2. The molecule has 4 heteroatoms. The van der Waals surface area contributed by atoms with Crippen molar-refractivity contribution in [1.29, 1.82) is 0 Å². The topological polar surface area (TPSA) is 29.3 Å². The van der Waals surface area contributed by atoms with Gasteiger partial charge in [-0.05, 0) is 36.1 Å². The van der Waals surface area contributed by atoms with Gasteiger partial charge in [0, 0.05) is 19.1 Å². The number of benzene rings is 1. The highest BCUT2D eigenvalue weighted by Crippen LogP contribution is 2.35. The van der Waals surface area contributed by atoms with Crippen molar-refractivity contribution in [2.24, 2.45) is 11.1 Å². The van der Waals surface area contributed by atoms with Crippen molar-refractivity contribution in [3.8, 4) is 0 Å². The molecule has 2 N–H and O–H groups in total. The first kappa shape index (κ1) is 13.8. The van der Waals surface area contributed by atoms with Gasteiger partial charge in [0.25, 0.3) is 0 Å². The number of halogens is 2. The third kappa shape index (κ3) is 2.85. The standard InChI is InChI=1S/C14H20ClFN2/c1-14(2)5-6-18(9-14)13(8-17)10-3-4-12(16)11(15)7-10/h3-4,7,13H,5-6,8-9,17H2,1-2H3. The Morgan fingerprint density at radius 2 is 2.22 bits per heavy atom. The van der Waals surface area contributed by atoms with Gasteiger partial charge in [0.15, 0.2) is 0 Å². The fraction of sp³-hybridized carbons (Fsp3) is 0.571. The minimum atomic E-state index is -0.377. The van der Waals surface area contributed by atoms with Gasteiger partial charge in [0.05, 0.1) is 5.02 Å². The highest BCUT2D eigenvalue weighted by molar-refractivity contribution is 6.30. The first-order valence-electron chi connectivity index (χ1n) is 6.32. The molecule has 1 atom stereocenters. The lowest BCUT2D eigenvalue weighted by atomic mass is 9.93. The third-order valence-corrected chi connectivity index (χ3v) is 3.99. The first-order valence-corrected chi connectivity index (χ1v) is 6.70. The molecule has 1 heterocycles. The molecule has 1 fully saturated rings. The summed E-state index contributed by atoms with van der Waals surface area (Å²) in [5, 5.41) is 0.171. The normalized spacial score (nSPS) is 21.2. The molecule has 1 saturated heterocycles. The summed E-state index contributed by atoms with van der Waals surface area (Å²) < 4.78 is 13.2. The van der Waals surface area contributed by atoms with Crippen LogP contribution in [0.3, 0.4) is 0 Å². The number of nitrogens with zero attached hydrogens (tertiary/aromatic N) is 1. The van der Waals surface area contributed by atoms with Crippen LogP contribution >= 0.6 is 11.6 Å². The number of nitrogens with two attached hydrogens (primary N) is 1. The molecule has 18 heavy (non-hydrogen) atoms. The molecule has 0 radical (unpaired) electrons. The molecule has 0 spiro atoms. The molecule has 1 aromatic carbocycles. The van der Waals surface area contributed by atoms with Gasteiger partial charge in [-0.15, -0.1) is 0 Å². The smallest absolute Gasteiger partial charge is 0.141 e. The number of rotatable bonds is 3. The van der Waals surface area contributed by atoms with E-state index in [1.165, 1.54) is 12.5 Å². The monoisotopic (exact) mass is 270 g/mol. The Morgan fingerprint density at radius 1 is 1.50 bits per heavy atom.